The molecule has 0 aliphatic heterocycles. The number of nitrogens with one attached hydrogen (secondary N) is 2. The van der Waals surface area contributed by atoms with E-state index in [1.165, 1.54) is 48.4 Å². The molecule has 4 rings (SSSR count). The summed E-state index contributed by atoms with van der Waals surface area (Å²) in [7, 11) is 0. The van der Waals surface area contributed by atoms with E-state index in [-0.39, 0.29) is 5.69 Å². The lowest BCUT2D eigenvalue weighted by molar-refractivity contribution is 0.101. The van der Waals surface area contributed by atoms with Crippen molar-refractivity contribution in [2.24, 2.45) is 0 Å². The predicted molar refractivity (Wildman–Crippen MR) is 114 cm³/mol. The van der Waals surface area contributed by atoms with Crippen molar-refractivity contribution in [3.63, 3.8) is 0 Å². The Hall–Kier alpha value is -3.51. The van der Waals surface area contributed by atoms with Crippen LogP contribution >= 0.6 is 23.5 Å². The third kappa shape index (κ3) is 5.55. The van der Waals surface area contributed by atoms with E-state index in [2.05, 4.69) is 40.4 Å². The third-order valence-corrected chi connectivity index (χ3v) is 5.53. The average Bonchev–Trinajstić information content (AvgIpc) is 3.30. The number of amides is 1. The summed E-state index contributed by atoms with van der Waals surface area (Å²) in [6, 6.07) is 7.31. The molecule has 0 aliphatic rings. The van der Waals surface area contributed by atoms with Gasteiger partial charge in [0.05, 0.1) is 12.8 Å². The van der Waals surface area contributed by atoms with Gasteiger partial charge in [0.25, 0.3) is 5.91 Å². The van der Waals surface area contributed by atoms with Gasteiger partial charge in [0, 0.05) is 34.4 Å². The molecule has 0 saturated carbocycles. The van der Waals surface area contributed by atoms with Crippen molar-refractivity contribution in [1.82, 2.24) is 35.1 Å². The first-order valence-electron chi connectivity index (χ1n) is 9.10. The lowest BCUT2D eigenvalue weighted by atomic mass is 10.3. The fourth-order valence-corrected chi connectivity index (χ4v) is 3.94. The first kappa shape index (κ1) is 20.8. The molecule has 12 heteroatoms. The molecule has 0 radical (unpaired) electrons. The molecule has 0 fully saturated rings. The Kier molecular flexibility index (Phi) is 6.69. The summed E-state index contributed by atoms with van der Waals surface area (Å²) >= 11 is 2.64. The van der Waals surface area contributed by atoms with E-state index in [0.29, 0.717) is 33.4 Å². The van der Waals surface area contributed by atoms with Crippen LogP contribution in [-0.2, 0) is 0 Å². The van der Waals surface area contributed by atoms with Crippen LogP contribution in [0.1, 0.15) is 17.4 Å². The molecular formula is C19H16N8O2S2. The minimum absolute atomic E-state index is 0.244. The van der Waals surface area contributed by atoms with Crippen molar-refractivity contribution in [1.29, 1.82) is 0 Å². The van der Waals surface area contributed by atoms with Crippen LogP contribution in [0.2, 0.25) is 0 Å². The normalized spacial score (nSPS) is 10.6. The van der Waals surface area contributed by atoms with Crippen LogP contribution in [0.3, 0.4) is 0 Å². The first-order valence-corrected chi connectivity index (χ1v) is 10.7. The van der Waals surface area contributed by atoms with Crippen LogP contribution in [0.15, 0.2) is 75.4 Å². The topological polar surface area (TPSA) is 131 Å². The summed E-state index contributed by atoms with van der Waals surface area (Å²) in [5.41, 5.74) is 0.244. The average molecular weight is 453 g/mol. The van der Waals surface area contributed by atoms with Crippen LogP contribution in [0.4, 0.5) is 5.82 Å². The minimum Gasteiger partial charge on any atom is -0.478 e. The maximum absolute atomic E-state index is 13.0. The quantitative estimate of drug-likeness (QED) is 0.410. The van der Waals surface area contributed by atoms with Crippen LogP contribution < -0.4 is 10.1 Å². The second-order valence-electron chi connectivity index (χ2n) is 5.80. The fraction of sp³-hybridized carbons (Fsp3) is 0.105. The van der Waals surface area contributed by atoms with Crippen LogP contribution in [0.5, 0.6) is 5.88 Å². The second-order valence-corrected chi connectivity index (χ2v) is 7.93. The van der Waals surface area contributed by atoms with Crippen LogP contribution in [-0.4, -0.2) is 47.6 Å². The predicted octanol–water partition coefficient (Wildman–Crippen LogP) is 3.34. The zero-order valence-electron chi connectivity index (χ0n) is 16.2. The molecule has 10 nitrogen and oxygen atoms in total. The molecule has 0 spiro atoms. The highest BCUT2D eigenvalue weighted by molar-refractivity contribution is 7.99. The Morgan fingerprint density at radius 2 is 2.06 bits per heavy atom. The summed E-state index contributed by atoms with van der Waals surface area (Å²) < 4.78 is 5.38. The number of nitrogens with zero attached hydrogens (tertiary/aromatic N) is 6. The Morgan fingerprint density at radius 3 is 2.77 bits per heavy atom. The van der Waals surface area contributed by atoms with Crippen LogP contribution in [0.25, 0.3) is 0 Å². The molecule has 31 heavy (non-hydrogen) atoms. The van der Waals surface area contributed by atoms with Crippen molar-refractivity contribution >= 4 is 35.2 Å². The smallest absolute Gasteiger partial charge is 0.276 e. The van der Waals surface area contributed by atoms with Gasteiger partial charge in [0.1, 0.15) is 17.0 Å². The summed E-state index contributed by atoms with van der Waals surface area (Å²) in [6.07, 6.45) is 7.67. The van der Waals surface area contributed by atoms with E-state index in [1.54, 1.807) is 12.3 Å². The molecule has 0 aliphatic carbocycles. The van der Waals surface area contributed by atoms with Gasteiger partial charge in [-0.3, -0.25) is 9.78 Å². The fourth-order valence-electron chi connectivity index (χ4n) is 2.40. The van der Waals surface area contributed by atoms with Gasteiger partial charge in [0.15, 0.2) is 11.0 Å². The molecule has 0 unspecified atom stereocenters. The number of aromatic amines is 1. The number of carbonyl (C=O) groups excluding carboxylic acids is 1. The molecule has 4 aromatic heterocycles. The number of hydrogen-bond acceptors (Lipinski definition) is 10. The minimum atomic E-state index is -0.401. The van der Waals surface area contributed by atoms with Gasteiger partial charge in [-0.2, -0.15) is 0 Å². The van der Waals surface area contributed by atoms with E-state index < -0.39 is 5.91 Å². The Balaban J connectivity index is 1.61. The van der Waals surface area contributed by atoms with Gasteiger partial charge in [-0.25, -0.2) is 15.0 Å². The second kappa shape index (κ2) is 10.00. The summed E-state index contributed by atoms with van der Waals surface area (Å²) in [5, 5.41) is 11.6. The highest BCUT2D eigenvalue weighted by atomic mass is 32.2. The summed E-state index contributed by atoms with van der Waals surface area (Å²) in [5.74, 6) is 0.479. The van der Waals surface area contributed by atoms with Crippen molar-refractivity contribution in [3.05, 3.63) is 61.1 Å². The molecular weight excluding hydrogens is 436 g/mol. The number of carbonyl (C=O) groups is 1. The SMILES string of the molecule is CCOc1ccc(Sc2ccc(Sc3nnc[nH]3)nc2C(=O)Nc2cnccn2)cn1. The Morgan fingerprint density at radius 1 is 1.13 bits per heavy atom. The number of pyridine rings is 2. The molecule has 4 aromatic rings. The zero-order valence-corrected chi connectivity index (χ0v) is 17.9. The Labute approximate surface area is 185 Å². The summed E-state index contributed by atoms with van der Waals surface area (Å²) in [4.78, 5) is 34.2. The van der Waals surface area contributed by atoms with Gasteiger partial charge in [-0.1, -0.05) is 11.8 Å². The number of anilines is 1. The largest absolute Gasteiger partial charge is 0.478 e. The number of ether oxygens (including phenoxy) is 1. The Bertz CT molecular complexity index is 1140. The molecule has 0 aromatic carbocycles. The van der Waals surface area contributed by atoms with Crippen molar-refractivity contribution in [2.75, 3.05) is 11.9 Å². The van der Waals surface area contributed by atoms with E-state index in [4.69, 9.17) is 4.74 Å². The molecule has 0 saturated heterocycles. The zero-order chi connectivity index (χ0) is 21.5. The highest BCUT2D eigenvalue weighted by Gasteiger charge is 2.18. The highest BCUT2D eigenvalue weighted by Crippen LogP contribution is 2.33. The number of rotatable bonds is 8. The number of hydrogen-bond donors (Lipinski definition) is 2. The lowest BCUT2D eigenvalue weighted by Crippen LogP contribution is -2.16. The maximum Gasteiger partial charge on any atom is 0.276 e. The standard InChI is InChI=1S/C19H16N8O2S2/c1-2-29-15-5-3-12(9-22-15)30-13-4-6-16(31-19-23-11-24-27-19)26-17(13)18(28)25-14-10-20-7-8-21-14/h3-11H,2H2,1H3,(H,21,25,28)(H,23,24,27). The van der Waals surface area contributed by atoms with Crippen LogP contribution in [0, 0.1) is 0 Å². The van der Waals surface area contributed by atoms with Crippen molar-refractivity contribution < 1.29 is 9.53 Å². The summed E-state index contributed by atoms with van der Waals surface area (Å²) in [6.45, 7) is 2.44. The molecule has 4 heterocycles. The molecule has 0 atom stereocenters. The van der Waals surface area contributed by atoms with Gasteiger partial charge in [-0.05, 0) is 36.9 Å². The van der Waals surface area contributed by atoms with E-state index in [1.807, 2.05) is 25.1 Å². The van der Waals surface area contributed by atoms with E-state index >= 15 is 0 Å². The van der Waals surface area contributed by atoms with Gasteiger partial charge < -0.3 is 15.0 Å². The molecule has 1 amide bonds. The van der Waals surface area contributed by atoms with Crippen molar-refractivity contribution in [2.45, 2.75) is 26.9 Å². The molecule has 0 bridgehead atoms. The van der Waals surface area contributed by atoms with Gasteiger partial charge in [-0.15, -0.1) is 10.2 Å². The van der Waals surface area contributed by atoms with E-state index in [9.17, 15) is 4.79 Å². The number of H-pyrrole nitrogens is 1. The van der Waals surface area contributed by atoms with Gasteiger partial charge in [0.2, 0.25) is 5.88 Å². The molecule has 2 N–H and O–H groups in total. The van der Waals surface area contributed by atoms with E-state index in [0.717, 1.165) is 4.90 Å². The van der Waals surface area contributed by atoms with Crippen molar-refractivity contribution in [3.8, 4) is 5.88 Å². The first-order chi connectivity index (χ1) is 15.2. The molecule has 156 valence electrons. The third-order valence-electron chi connectivity index (χ3n) is 3.68. The monoisotopic (exact) mass is 452 g/mol. The number of aromatic nitrogens is 7. The lowest BCUT2D eigenvalue weighted by Gasteiger charge is -2.10. The van der Waals surface area contributed by atoms with Gasteiger partial charge >= 0.3 is 0 Å². The maximum atomic E-state index is 13.0.